The lowest BCUT2D eigenvalue weighted by atomic mass is 9.93. The molecule has 1 rings (SSSR count). The van der Waals surface area contributed by atoms with E-state index in [2.05, 4.69) is 10.6 Å². The highest BCUT2D eigenvalue weighted by Gasteiger charge is 2.47. The largest absolute Gasteiger partial charge is 0.444 e. The minimum Gasteiger partial charge on any atom is -0.444 e. The van der Waals surface area contributed by atoms with Crippen molar-refractivity contribution >= 4 is 6.09 Å². The van der Waals surface area contributed by atoms with Crippen molar-refractivity contribution in [1.82, 2.24) is 10.6 Å². The average Bonchev–Trinajstić information content (AvgIpc) is 1.92. The molecule has 0 unspecified atom stereocenters. The molecule has 1 amide bonds. The quantitative estimate of drug-likeness (QED) is 0.736. The minimum atomic E-state index is -2.59. The molecule has 0 aromatic heterocycles. The molecule has 0 bridgehead atoms. The van der Waals surface area contributed by atoms with Crippen molar-refractivity contribution in [1.29, 1.82) is 0 Å². The molecule has 1 fully saturated rings. The highest BCUT2D eigenvalue weighted by molar-refractivity contribution is 5.69. The number of nitrogens with one attached hydrogen (secondary N) is 2. The third-order valence-corrected chi connectivity index (χ3v) is 2.05. The molecule has 15 heavy (non-hydrogen) atoms. The van der Waals surface area contributed by atoms with E-state index in [1.54, 1.807) is 20.8 Å². The van der Waals surface area contributed by atoms with Crippen LogP contribution >= 0.6 is 0 Å². The lowest BCUT2D eigenvalue weighted by Crippen LogP contribution is -2.73. The molecule has 0 saturated carbocycles. The van der Waals surface area contributed by atoms with Gasteiger partial charge in [-0.3, -0.25) is 0 Å². The Hall–Kier alpha value is -0.910. The fourth-order valence-electron chi connectivity index (χ4n) is 1.20. The maximum absolute atomic E-state index is 12.6. The number of ether oxygens (including phenoxy) is 1. The number of amides is 1. The summed E-state index contributed by atoms with van der Waals surface area (Å²) in [6.45, 7) is 5.19. The van der Waals surface area contributed by atoms with Gasteiger partial charge in [0.2, 0.25) is 0 Å². The molecule has 1 aliphatic rings. The number of carbonyl (C=O) groups is 1. The Kier molecular flexibility index (Phi) is 3.18. The fourth-order valence-corrected chi connectivity index (χ4v) is 1.20. The van der Waals surface area contributed by atoms with Crippen molar-refractivity contribution < 1.29 is 18.3 Å². The summed E-state index contributed by atoms with van der Waals surface area (Å²) in [6, 6.07) is 0. The van der Waals surface area contributed by atoms with Crippen LogP contribution < -0.4 is 10.6 Å². The monoisotopic (exact) mass is 222 g/mol. The Balaban J connectivity index is 2.50. The van der Waals surface area contributed by atoms with Gasteiger partial charge in [0.25, 0.3) is 6.43 Å². The number of carbonyl (C=O) groups excluding carboxylic acids is 1. The molecule has 1 aliphatic heterocycles. The van der Waals surface area contributed by atoms with Crippen molar-refractivity contribution in [3.63, 3.8) is 0 Å². The zero-order valence-corrected chi connectivity index (χ0v) is 9.06. The van der Waals surface area contributed by atoms with Crippen LogP contribution in [0.2, 0.25) is 0 Å². The van der Waals surface area contributed by atoms with E-state index in [9.17, 15) is 13.6 Å². The van der Waals surface area contributed by atoms with E-state index in [1.165, 1.54) is 0 Å². The number of alkyl halides is 2. The first-order chi connectivity index (χ1) is 6.75. The Morgan fingerprint density at radius 2 is 2.00 bits per heavy atom. The number of halogens is 2. The summed E-state index contributed by atoms with van der Waals surface area (Å²) in [4.78, 5) is 11.3. The molecule has 6 heteroatoms. The highest BCUT2D eigenvalue weighted by Crippen LogP contribution is 2.21. The summed E-state index contributed by atoms with van der Waals surface area (Å²) < 4.78 is 30.1. The van der Waals surface area contributed by atoms with Gasteiger partial charge in [-0.2, -0.15) is 0 Å². The van der Waals surface area contributed by atoms with Gasteiger partial charge in [0.05, 0.1) is 0 Å². The van der Waals surface area contributed by atoms with Gasteiger partial charge in [0, 0.05) is 13.1 Å². The van der Waals surface area contributed by atoms with Crippen molar-refractivity contribution in [2.45, 2.75) is 38.3 Å². The molecule has 0 spiro atoms. The molecule has 1 heterocycles. The van der Waals surface area contributed by atoms with Crippen molar-refractivity contribution in [3.05, 3.63) is 0 Å². The van der Waals surface area contributed by atoms with Crippen LogP contribution in [0, 0.1) is 0 Å². The second-order valence-electron chi connectivity index (χ2n) is 4.69. The number of rotatable bonds is 2. The van der Waals surface area contributed by atoms with Gasteiger partial charge in [-0.15, -0.1) is 0 Å². The van der Waals surface area contributed by atoms with Crippen LogP contribution in [0.3, 0.4) is 0 Å². The third-order valence-electron chi connectivity index (χ3n) is 2.05. The first-order valence-corrected chi connectivity index (χ1v) is 4.75. The van der Waals surface area contributed by atoms with Gasteiger partial charge in [0.15, 0.2) is 0 Å². The fraction of sp³-hybridized carbons (Fsp3) is 0.889. The van der Waals surface area contributed by atoms with Crippen molar-refractivity contribution in [2.75, 3.05) is 13.1 Å². The Morgan fingerprint density at radius 3 is 2.27 bits per heavy atom. The normalized spacial score (nSPS) is 19.6. The molecular formula is C9H16F2N2O2. The second-order valence-corrected chi connectivity index (χ2v) is 4.69. The van der Waals surface area contributed by atoms with Gasteiger partial charge in [-0.1, -0.05) is 0 Å². The molecule has 1 saturated heterocycles. The van der Waals surface area contributed by atoms with Crippen LogP contribution in [0.25, 0.3) is 0 Å². The van der Waals surface area contributed by atoms with Gasteiger partial charge in [-0.05, 0) is 20.8 Å². The lowest BCUT2D eigenvalue weighted by Gasteiger charge is -2.42. The van der Waals surface area contributed by atoms with E-state index in [-0.39, 0.29) is 13.1 Å². The molecular weight excluding hydrogens is 206 g/mol. The van der Waals surface area contributed by atoms with Gasteiger partial charge in [0.1, 0.15) is 11.1 Å². The van der Waals surface area contributed by atoms with E-state index in [0.29, 0.717) is 0 Å². The zero-order valence-electron chi connectivity index (χ0n) is 9.06. The molecule has 0 aromatic carbocycles. The van der Waals surface area contributed by atoms with Gasteiger partial charge < -0.3 is 15.4 Å². The Labute approximate surface area is 87.4 Å². The van der Waals surface area contributed by atoms with Crippen molar-refractivity contribution in [3.8, 4) is 0 Å². The molecule has 0 radical (unpaired) electrons. The molecule has 0 aromatic rings. The topological polar surface area (TPSA) is 50.4 Å². The second kappa shape index (κ2) is 3.92. The van der Waals surface area contributed by atoms with E-state index < -0.39 is 23.7 Å². The van der Waals surface area contributed by atoms with Crippen LogP contribution in [0.4, 0.5) is 13.6 Å². The summed E-state index contributed by atoms with van der Waals surface area (Å²) in [7, 11) is 0. The van der Waals surface area contributed by atoms with Gasteiger partial charge >= 0.3 is 6.09 Å². The minimum absolute atomic E-state index is 0.0733. The number of hydrogen-bond donors (Lipinski definition) is 2. The van der Waals surface area contributed by atoms with E-state index in [0.717, 1.165) is 0 Å². The summed E-state index contributed by atoms with van der Waals surface area (Å²) in [5.41, 5.74) is -2.13. The predicted octanol–water partition coefficient (Wildman–Crippen LogP) is 1.12. The lowest BCUT2D eigenvalue weighted by molar-refractivity contribution is -0.0153. The van der Waals surface area contributed by atoms with Crippen LogP contribution in [0.1, 0.15) is 20.8 Å². The Morgan fingerprint density at radius 1 is 1.47 bits per heavy atom. The van der Waals surface area contributed by atoms with Crippen molar-refractivity contribution in [2.24, 2.45) is 0 Å². The summed E-state index contributed by atoms with van der Waals surface area (Å²) >= 11 is 0. The standard InChI is InChI=1S/C9H16F2N2O2/c1-8(2,3)15-7(14)13-9(6(10)11)4-12-5-9/h6,12H,4-5H2,1-3H3,(H,13,14). The summed E-state index contributed by atoms with van der Waals surface area (Å²) in [5.74, 6) is 0. The smallest absolute Gasteiger partial charge is 0.408 e. The summed E-state index contributed by atoms with van der Waals surface area (Å²) in [5, 5.41) is 4.91. The van der Waals surface area contributed by atoms with E-state index in [1.807, 2.05) is 0 Å². The molecule has 0 atom stereocenters. The van der Waals surface area contributed by atoms with Gasteiger partial charge in [-0.25, -0.2) is 13.6 Å². The number of hydrogen-bond acceptors (Lipinski definition) is 3. The SMILES string of the molecule is CC(C)(C)OC(=O)NC1(C(F)F)CNC1. The molecule has 2 N–H and O–H groups in total. The van der Waals surface area contributed by atoms with Crippen LogP contribution in [-0.2, 0) is 4.74 Å². The van der Waals surface area contributed by atoms with Crippen LogP contribution in [-0.4, -0.2) is 36.7 Å². The highest BCUT2D eigenvalue weighted by atomic mass is 19.3. The molecule has 88 valence electrons. The first kappa shape index (κ1) is 12.2. The van der Waals surface area contributed by atoms with E-state index in [4.69, 9.17) is 4.74 Å². The maximum atomic E-state index is 12.6. The maximum Gasteiger partial charge on any atom is 0.408 e. The first-order valence-electron chi connectivity index (χ1n) is 4.75. The zero-order chi connectivity index (χ0) is 11.7. The predicted molar refractivity (Wildman–Crippen MR) is 51.0 cm³/mol. The van der Waals surface area contributed by atoms with E-state index >= 15 is 0 Å². The summed E-state index contributed by atoms with van der Waals surface area (Å²) in [6.07, 6.45) is -3.39. The average molecular weight is 222 g/mol. The Bertz CT molecular complexity index is 247. The van der Waals surface area contributed by atoms with Crippen LogP contribution in [0.5, 0.6) is 0 Å². The number of alkyl carbamates (subject to hydrolysis) is 1. The van der Waals surface area contributed by atoms with Crippen LogP contribution in [0.15, 0.2) is 0 Å². The third kappa shape index (κ3) is 3.02. The molecule has 0 aliphatic carbocycles. The molecule has 4 nitrogen and oxygen atoms in total.